The molecule has 28 heavy (non-hydrogen) atoms. The van der Waals surface area contributed by atoms with E-state index in [0.29, 0.717) is 5.92 Å². The van der Waals surface area contributed by atoms with Gasteiger partial charge in [0.05, 0.1) is 16.3 Å². The number of carbonyl (C=O) groups is 1. The standard InChI is InChI=1S/C23H27N3OS/c1-17(28-23-24-20-10-6-7-11-21(20)25(23)2)22(27)26-14-12-19(13-15-26)16-18-8-4-3-5-9-18/h3-11,17,19H,12-16H2,1-2H3. The number of piperidine rings is 1. The minimum atomic E-state index is -0.124. The SMILES string of the molecule is CC(Sc1nc2ccccc2n1C)C(=O)N1CCC(Cc2ccccc2)CC1. The number of likely N-dealkylation sites (tertiary alicyclic amines) is 1. The van der Waals surface area contributed by atoms with Gasteiger partial charge in [0.2, 0.25) is 5.91 Å². The van der Waals surface area contributed by atoms with Crippen LogP contribution in [-0.4, -0.2) is 38.7 Å². The molecule has 5 heteroatoms. The molecular weight excluding hydrogens is 366 g/mol. The Kier molecular flexibility index (Phi) is 5.72. The van der Waals surface area contributed by atoms with Gasteiger partial charge in [0.15, 0.2) is 5.16 Å². The highest BCUT2D eigenvalue weighted by Gasteiger charge is 2.27. The Hall–Kier alpha value is -2.27. The molecule has 1 saturated heterocycles. The Bertz CT molecular complexity index is 945. The molecule has 0 bridgehead atoms. The van der Waals surface area contributed by atoms with Gasteiger partial charge in [-0.2, -0.15) is 0 Å². The average molecular weight is 394 g/mol. The molecule has 1 aliphatic rings. The van der Waals surface area contributed by atoms with Gasteiger partial charge in [-0.3, -0.25) is 4.79 Å². The minimum absolute atomic E-state index is 0.124. The predicted molar refractivity (Wildman–Crippen MR) is 115 cm³/mol. The monoisotopic (exact) mass is 393 g/mol. The lowest BCUT2D eigenvalue weighted by Crippen LogP contribution is -2.42. The van der Waals surface area contributed by atoms with Crippen molar-refractivity contribution in [2.24, 2.45) is 13.0 Å². The largest absolute Gasteiger partial charge is 0.342 e. The highest BCUT2D eigenvalue weighted by molar-refractivity contribution is 8.00. The summed E-state index contributed by atoms with van der Waals surface area (Å²) in [5, 5.41) is 0.780. The fourth-order valence-electron chi connectivity index (χ4n) is 4.00. The van der Waals surface area contributed by atoms with Gasteiger partial charge in [-0.1, -0.05) is 54.2 Å². The first-order valence-corrected chi connectivity index (χ1v) is 10.9. The van der Waals surface area contributed by atoms with Crippen molar-refractivity contribution in [1.29, 1.82) is 0 Å². The molecule has 1 atom stereocenters. The molecule has 0 aliphatic carbocycles. The van der Waals surface area contributed by atoms with Crippen LogP contribution in [-0.2, 0) is 18.3 Å². The van der Waals surface area contributed by atoms with Crippen LogP contribution in [0, 0.1) is 5.92 Å². The number of aryl methyl sites for hydroxylation is 1. The number of amides is 1. The summed E-state index contributed by atoms with van der Waals surface area (Å²) in [5.41, 5.74) is 3.48. The Morgan fingerprint density at radius 2 is 1.79 bits per heavy atom. The lowest BCUT2D eigenvalue weighted by Gasteiger charge is -2.33. The molecule has 0 saturated carbocycles. The van der Waals surface area contributed by atoms with Crippen LogP contribution in [0.25, 0.3) is 11.0 Å². The van der Waals surface area contributed by atoms with Gasteiger partial charge in [0, 0.05) is 20.1 Å². The van der Waals surface area contributed by atoms with Gasteiger partial charge < -0.3 is 9.47 Å². The van der Waals surface area contributed by atoms with E-state index in [4.69, 9.17) is 4.98 Å². The van der Waals surface area contributed by atoms with Gasteiger partial charge in [-0.15, -0.1) is 0 Å². The van der Waals surface area contributed by atoms with E-state index in [1.54, 1.807) is 11.8 Å². The lowest BCUT2D eigenvalue weighted by atomic mass is 9.90. The first-order valence-electron chi connectivity index (χ1n) is 10.0. The summed E-state index contributed by atoms with van der Waals surface area (Å²) in [6.45, 7) is 3.73. The molecule has 0 radical (unpaired) electrons. The third kappa shape index (κ3) is 4.09. The highest BCUT2D eigenvalue weighted by Crippen LogP contribution is 2.29. The van der Waals surface area contributed by atoms with Crippen LogP contribution < -0.4 is 0 Å². The fourth-order valence-corrected chi connectivity index (χ4v) is 4.97. The second kappa shape index (κ2) is 8.39. The van der Waals surface area contributed by atoms with Crippen LogP contribution in [0.15, 0.2) is 59.8 Å². The molecule has 2 heterocycles. The number of aromatic nitrogens is 2. The summed E-state index contributed by atoms with van der Waals surface area (Å²) in [6.07, 6.45) is 3.29. The smallest absolute Gasteiger partial charge is 0.235 e. The molecule has 4 rings (SSSR count). The number of para-hydroxylation sites is 2. The lowest BCUT2D eigenvalue weighted by molar-refractivity contribution is -0.131. The van der Waals surface area contributed by atoms with Gasteiger partial charge in [-0.05, 0) is 49.8 Å². The number of hydrogen-bond acceptors (Lipinski definition) is 3. The van der Waals surface area contributed by atoms with Crippen molar-refractivity contribution < 1.29 is 4.79 Å². The first kappa shape index (κ1) is 19.1. The molecule has 3 aromatic rings. The molecule has 2 aromatic carbocycles. The average Bonchev–Trinajstić information content (AvgIpc) is 3.04. The Morgan fingerprint density at radius 3 is 2.50 bits per heavy atom. The second-order valence-corrected chi connectivity index (χ2v) is 8.97. The maximum absolute atomic E-state index is 13.0. The van der Waals surface area contributed by atoms with Crippen LogP contribution in [0.3, 0.4) is 0 Å². The van der Waals surface area contributed by atoms with E-state index >= 15 is 0 Å². The Labute approximate surface area is 170 Å². The second-order valence-electron chi connectivity index (χ2n) is 7.66. The molecule has 4 nitrogen and oxygen atoms in total. The van der Waals surface area contributed by atoms with Crippen LogP contribution in [0.1, 0.15) is 25.3 Å². The number of carbonyl (C=O) groups excluding carboxylic acids is 1. The van der Waals surface area contributed by atoms with Crippen molar-refractivity contribution in [2.45, 2.75) is 36.6 Å². The number of benzene rings is 2. The zero-order valence-electron chi connectivity index (χ0n) is 16.5. The van der Waals surface area contributed by atoms with Crippen molar-refractivity contribution in [3.05, 3.63) is 60.2 Å². The van der Waals surface area contributed by atoms with Gasteiger partial charge in [0.1, 0.15) is 0 Å². The highest BCUT2D eigenvalue weighted by atomic mass is 32.2. The van der Waals surface area contributed by atoms with Gasteiger partial charge in [0.25, 0.3) is 0 Å². The summed E-state index contributed by atoms with van der Waals surface area (Å²) < 4.78 is 2.08. The van der Waals surface area contributed by atoms with E-state index in [1.165, 1.54) is 5.56 Å². The van der Waals surface area contributed by atoms with E-state index in [-0.39, 0.29) is 11.2 Å². The third-order valence-corrected chi connectivity index (χ3v) is 6.80. The van der Waals surface area contributed by atoms with E-state index < -0.39 is 0 Å². The topological polar surface area (TPSA) is 38.1 Å². The molecule has 1 unspecified atom stereocenters. The number of imidazole rings is 1. The van der Waals surface area contributed by atoms with Crippen LogP contribution >= 0.6 is 11.8 Å². The van der Waals surface area contributed by atoms with Crippen molar-refractivity contribution in [1.82, 2.24) is 14.5 Å². The molecule has 1 fully saturated rings. The number of nitrogens with zero attached hydrogens (tertiary/aromatic N) is 3. The van der Waals surface area contributed by atoms with E-state index in [0.717, 1.165) is 48.5 Å². The summed E-state index contributed by atoms with van der Waals surface area (Å²) >= 11 is 1.56. The van der Waals surface area contributed by atoms with Crippen LogP contribution in [0.4, 0.5) is 0 Å². The first-order chi connectivity index (χ1) is 13.6. The number of fused-ring (bicyclic) bond motifs is 1. The van der Waals surface area contributed by atoms with E-state index in [9.17, 15) is 4.79 Å². The maximum Gasteiger partial charge on any atom is 0.235 e. The van der Waals surface area contributed by atoms with E-state index in [1.807, 2.05) is 37.1 Å². The number of hydrogen-bond donors (Lipinski definition) is 0. The van der Waals surface area contributed by atoms with Crippen molar-refractivity contribution in [2.75, 3.05) is 13.1 Å². The fraction of sp³-hybridized carbons (Fsp3) is 0.391. The summed E-state index contributed by atoms with van der Waals surface area (Å²) in [5.74, 6) is 0.907. The summed E-state index contributed by atoms with van der Waals surface area (Å²) in [4.78, 5) is 19.7. The van der Waals surface area contributed by atoms with Crippen LogP contribution in [0.5, 0.6) is 0 Å². The quantitative estimate of drug-likeness (QED) is 0.598. The van der Waals surface area contributed by atoms with Crippen molar-refractivity contribution >= 4 is 28.7 Å². The van der Waals surface area contributed by atoms with Crippen molar-refractivity contribution in [3.63, 3.8) is 0 Å². The Balaban J connectivity index is 1.33. The Morgan fingerprint density at radius 1 is 1.11 bits per heavy atom. The molecular formula is C23H27N3OS. The van der Waals surface area contributed by atoms with Crippen LogP contribution in [0.2, 0.25) is 0 Å². The summed E-state index contributed by atoms with van der Waals surface area (Å²) in [7, 11) is 2.02. The summed E-state index contributed by atoms with van der Waals surface area (Å²) in [6, 6.07) is 18.8. The zero-order chi connectivity index (χ0) is 19.5. The maximum atomic E-state index is 13.0. The number of thioether (sulfide) groups is 1. The molecule has 1 amide bonds. The van der Waals surface area contributed by atoms with Crippen molar-refractivity contribution in [3.8, 4) is 0 Å². The third-order valence-electron chi connectivity index (χ3n) is 5.67. The molecule has 0 spiro atoms. The van der Waals surface area contributed by atoms with Gasteiger partial charge in [-0.25, -0.2) is 4.98 Å². The predicted octanol–water partition coefficient (Wildman–Crippen LogP) is 4.54. The molecule has 0 N–H and O–H groups in total. The zero-order valence-corrected chi connectivity index (χ0v) is 17.4. The minimum Gasteiger partial charge on any atom is -0.342 e. The molecule has 1 aliphatic heterocycles. The normalized spacial score (nSPS) is 16.4. The van der Waals surface area contributed by atoms with Gasteiger partial charge >= 0.3 is 0 Å². The molecule has 146 valence electrons. The number of rotatable bonds is 5. The molecule has 1 aromatic heterocycles. The van der Waals surface area contributed by atoms with E-state index in [2.05, 4.69) is 41.0 Å².